The molecule has 3 aliphatic rings. The van der Waals surface area contributed by atoms with Crippen LogP contribution in [0.4, 0.5) is 0 Å². The third-order valence-electron chi connectivity index (χ3n) is 12.5. The number of benzene rings is 4. The van der Waals surface area contributed by atoms with Crippen molar-refractivity contribution >= 4 is 46.4 Å². The predicted molar refractivity (Wildman–Crippen MR) is 269 cm³/mol. The summed E-state index contributed by atoms with van der Waals surface area (Å²) in [4.78, 5) is 46.8. The SMILES string of the molecule is COCC1OC(n2cc(C#Cc3ccc(-c4c5nc(c(-c6ccccc6)c6nc(c(-c7ccccc7)c7ccc([nH]7)c(-c7ccccc7)c7ccc4[nH]7)C=C6)C=C5)cc3)c(=O)[nH]c2=O)C[C@H]1OC. The van der Waals surface area contributed by atoms with Crippen LogP contribution in [0.25, 0.3) is 90.9 Å². The summed E-state index contributed by atoms with van der Waals surface area (Å²) in [5, 5.41) is 0. The molecule has 1 saturated heterocycles. The number of hydrogen-bond acceptors (Lipinski definition) is 7. The topological polar surface area (TPSA) is 140 Å². The summed E-state index contributed by atoms with van der Waals surface area (Å²) in [5.41, 5.74) is 14.3. The van der Waals surface area contributed by atoms with Gasteiger partial charge in [0.05, 0.1) is 35.5 Å². The second kappa shape index (κ2) is 18.1. The van der Waals surface area contributed by atoms with Crippen LogP contribution in [-0.2, 0) is 14.2 Å². The smallest absolute Gasteiger partial charge is 0.330 e. The molecule has 1 fully saturated rings. The van der Waals surface area contributed by atoms with E-state index in [0.717, 1.165) is 89.4 Å². The number of fused-ring (bicyclic) bond motifs is 8. The third-order valence-corrected chi connectivity index (χ3v) is 12.5. The largest absolute Gasteiger partial charge is 0.382 e. The van der Waals surface area contributed by atoms with Crippen LogP contribution in [0.2, 0.25) is 0 Å². The molecule has 0 aliphatic carbocycles. The van der Waals surface area contributed by atoms with Gasteiger partial charge in [-0.25, -0.2) is 14.8 Å². The molecule has 11 heteroatoms. The molecule has 8 aromatic rings. The molecule has 4 aromatic carbocycles. The standard InChI is InChI=1S/C57H44N6O5/c1-66-34-50-49(67-2)32-51(68-50)63-33-40(56(64)62-57(63)65)23-20-35-18-21-39(22-19-35)55-47-30-28-45(60-47)53(37-14-8-4-9-15-37)43-26-24-41(58-43)52(36-12-6-3-7-13-36)42-25-27-44(59-42)54(38-16-10-5-11-17-38)46-29-31-48(55)61-46/h3-19,21-22,24-31,33,49-51,58,60H,32,34H2,1-2H3,(H,62,64,65)/t49-,50?,51?/m1/s1. The highest BCUT2D eigenvalue weighted by atomic mass is 16.6. The van der Waals surface area contributed by atoms with Crippen LogP contribution in [0, 0.1) is 11.8 Å². The molecule has 2 unspecified atom stereocenters. The van der Waals surface area contributed by atoms with Gasteiger partial charge in [0.15, 0.2) is 0 Å². The lowest BCUT2D eigenvalue weighted by molar-refractivity contribution is -0.0618. The molecule has 0 saturated carbocycles. The van der Waals surface area contributed by atoms with Gasteiger partial charge in [0, 0.05) is 76.7 Å². The van der Waals surface area contributed by atoms with E-state index in [1.54, 1.807) is 14.2 Å². The number of methoxy groups -OCH3 is 2. The highest BCUT2D eigenvalue weighted by molar-refractivity contribution is 6.00. The lowest BCUT2D eigenvalue weighted by Crippen LogP contribution is -2.33. The normalized spacial score (nSPS) is 16.2. The Morgan fingerprint density at radius 3 is 1.56 bits per heavy atom. The van der Waals surface area contributed by atoms with E-state index in [1.807, 2.05) is 54.6 Å². The van der Waals surface area contributed by atoms with Crippen LogP contribution >= 0.6 is 0 Å². The van der Waals surface area contributed by atoms with Crippen molar-refractivity contribution in [2.75, 3.05) is 20.8 Å². The summed E-state index contributed by atoms with van der Waals surface area (Å²) in [5.74, 6) is 6.14. The molecule has 3 N–H and O–H groups in total. The Bertz CT molecular complexity index is 3630. The maximum absolute atomic E-state index is 13.0. The number of H-pyrrole nitrogens is 3. The van der Waals surface area contributed by atoms with E-state index in [0.29, 0.717) is 18.6 Å². The Labute approximate surface area is 391 Å². The summed E-state index contributed by atoms with van der Waals surface area (Å²) in [7, 11) is 3.18. The summed E-state index contributed by atoms with van der Waals surface area (Å²) >= 11 is 0. The zero-order valence-electron chi connectivity index (χ0n) is 37.2. The fourth-order valence-corrected chi connectivity index (χ4v) is 9.32. The van der Waals surface area contributed by atoms with E-state index < -0.39 is 17.5 Å². The molecule has 0 spiro atoms. The molecule has 8 bridgehead atoms. The van der Waals surface area contributed by atoms with Gasteiger partial charge in [-0.1, -0.05) is 115 Å². The Balaban J connectivity index is 1.09. The monoisotopic (exact) mass is 892 g/mol. The van der Waals surface area contributed by atoms with Gasteiger partial charge in [-0.15, -0.1) is 0 Å². The molecule has 4 aromatic heterocycles. The van der Waals surface area contributed by atoms with E-state index in [2.05, 4.69) is 136 Å². The van der Waals surface area contributed by atoms with Crippen LogP contribution in [0.1, 0.15) is 46.6 Å². The van der Waals surface area contributed by atoms with Gasteiger partial charge in [0.25, 0.3) is 5.56 Å². The lowest BCUT2D eigenvalue weighted by Gasteiger charge is -2.16. The molecular weight excluding hydrogens is 849 g/mol. The fourth-order valence-electron chi connectivity index (χ4n) is 9.32. The highest BCUT2D eigenvalue weighted by Gasteiger charge is 2.37. The van der Waals surface area contributed by atoms with Gasteiger partial charge < -0.3 is 24.2 Å². The Morgan fingerprint density at radius 2 is 1.04 bits per heavy atom. The molecule has 3 aliphatic heterocycles. The second-order valence-electron chi connectivity index (χ2n) is 16.7. The zero-order chi connectivity index (χ0) is 46.1. The van der Waals surface area contributed by atoms with E-state index in [-0.39, 0.29) is 17.8 Å². The van der Waals surface area contributed by atoms with Gasteiger partial charge in [0.2, 0.25) is 0 Å². The number of ether oxygens (including phenoxy) is 3. The van der Waals surface area contributed by atoms with Crippen molar-refractivity contribution in [3.63, 3.8) is 0 Å². The van der Waals surface area contributed by atoms with Gasteiger partial charge in [-0.3, -0.25) is 14.3 Å². The maximum atomic E-state index is 13.0. The summed E-state index contributed by atoms with van der Waals surface area (Å²) in [6.45, 7) is 0.305. The molecular formula is C57H44N6O5. The number of nitrogens with zero attached hydrogens (tertiary/aromatic N) is 3. The van der Waals surface area contributed by atoms with E-state index in [1.165, 1.54) is 10.8 Å². The van der Waals surface area contributed by atoms with Crippen LogP contribution in [0.3, 0.4) is 0 Å². The van der Waals surface area contributed by atoms with Gasteiger partial charge >= 0.3 is 5.69 Å². The van der Waals surface area contributed by atoms with Gasteiger partial charge in [-0.05, 0) is 83.0 Å². The minimum atomic E-state index is -0.652. The average Bonchev–Trinajstić information content (AvgIpc) is 4.25. The van der Waals surface area contributed by atoms with Crippen molar-refractivity contribution in [3.05, 3.63) is 200 Å². The van der Waals surface area contributed by atoms with Crippen molar-refractivity contribution in [1.29, 1.82) is 0 Å². The number of rotatable bonds is 8. The Morgan fingerprint density at radius 1 is 0.574 bits per heavy atom. The van der Waals surface area contributed by atoms with Gasteiger partial charge in [0.1, 0.15) is 17.9 Å². The van der Waals surface area contributed by atoms with Crippen LogP contribution < -0.4 is 11.2 Å². The Kier molecular flexibility index (Phi) is 11.3. The highest BCUT2D eigenvalue weighted by Crippen LogP contribution is 2.38. The molecule has 7 heterocycles. The van der Waals surface area contributed by atoms with Crippen molar-refractivity contribution in [3.8, 4) is 56.3 Å². The second-order valence-corrected chi connectivity index (χ2v) is 16.7. The fraction of sp³-hybridized carbons (Fsp3) is 0.123. The van der Waals surface area contributed by atoms with E-state index >= 15 is 0 Å². The van der Waals surface area contributed by atoms with Crippen molar-refractivity contribution in [2.45, 2.75) is 24.9 Å². The average molecular weight is 893 g/mol. The van der Waals surface area contributed by atoms with Crippen molar-refractivity contribution in [1.82, 2.24) is 29.5 Å². The molecule has 3 atom stereocenters. The minimum Gasteiger partial charge on any atom is -0.382 e. The first-order valence-corrected chi connectivity index (χ1v) is 22.4. The minimum absolute atomic E-state index is 0.131. The first-order chi connectivity index (χ1) is 33.4. The molecule has 11 nitrogen and oxygen atoms in total. The summed E-state index contributed by atoms with van der Waals surface area (Å²) in [6, 6.07) is 47.4. The molecule has 0 amide bonds. The Hall–Kier alpha value is -8.40. The molecule has 332 valence electrons. The maximum Gasteiger partial charge on any atom is 0.330 e. The number of hydrogen-bond donors (Lipinski definition) is 3. The summed E-state index contributed by atoms with van der Waals surface area (Å²) in [6.07, 6.45) is 8.88. The van der Waals surface area contributed by atoms with Crippen molar-refractivity contribution < 1.29 is 14.2 Å². The quantitative estimate of drug-likeness (QED) is 0.129. The lowest BCUT2D eigenvalue weighted by atomic mass is 10.0. The van der Waals surface area contributed by atoms with Crippen molar-refractivity contribution in [2.24, 2.45) is 0 Å². The molecule has 0 radical (unpaired) electrons. The van der Waals surface area contributed by atoms with E-state index in [9.17, 15) is 9.59 Å². The van der Waals surface area contributed by atoms with Gasteiger partial charge in [-0.2, -0.15) is 0 Å². The van der Waals surface area contributed by atoms with E-state index in [4.69, 9.17) is 24.2 Å². The summed E-state index contributed by atoms with van der Waals surface area (Å²) < 4.78 is 18.3. The van der Waals surface area contributed by atoms with Crippen LogP contribution in [0.5, 0.6) is 0 Å². The molecule has 68 heavy (non-hydrogen) atoms. The number of aromatic amines is 3. The number of aromatic nitrogens is 6. The third kappa shape index (κ3) is 8.03. The van der Waals surface area contributed by atoms with Crippen LogP contribution in [-0.4, -0.2) is 62.5 Å². The zero-order valence-corrected chi connectivity index (χ0v) is 37.2. The first kappa shape index (κ1) is 42.2. The molecule has 11 rings (SSSR count). The predicted octanol–water partition coefficient (Wildman–Crippen LogP) is 10.5. The number of nitrogens with one attached hydrogen (secondary N) is 3. The first-order valence-electron chi connectivity index (χ1n) is 22.4. The van der Waals surface area contributed by atoms with Crippen LogP contribution in [0.15, 0.2) is 155 Å².